The molecule has 1 aliphatic carbocycles. The van der Waals surface area contributed by atoms with E-state index in [9.17, 15) is 14.0 Å². The molecule has 2 aromatic carbocycles. The molecule has 0 atom stereocenters. The lowest BCUT2D eigenvalue weighted by Crippen LogP contribution is -2.23. The molecule has 2 aromatic heterocycles. The van der Waals surface area contributed by atoms with Crippen LogP contribution in [0, 0.1) is 19.7 Å². The van der Waals surface area contributed by atoms with Crippen LogP contribution in [-0.2, 0) is 17.6 Å². The maximum absolute atomic E-state index is 13.9. The third-order valence-corrected chi connectivity index (χ3v) is 8.01. The van der Waals surface area contributed by atoms with Crippen LogP contribution in [0.1, 0.15) is 34.4 Å². The summed E-state index contributed by atoms with van der Waals surface area (Å²) in [5.74, 6) is -0.532. The van der Waals surface area contributed by atoms with Crippen molar-refractivity contribution in [1.29, 1.82) is 0 Å². The molecular weight excluding hydrogens is 469 g/mol. The molecule has 0 fully saturated rings. The zero-order valence-corrected chi connectivity index (χ0v) is 20.6. The van der Waals surface area contributed by atoms with Crippen molar-refractivity contribution >= 4 is 44.9 Å². The lowest BCUT2D eigenvalue weighted by Gasteiger charge is -2.15. The number of benzene rings is 2. The minimum Gasteiger partial charge on any atom is -0.325 e. The third kappa shape index (κ3) is 4.52. The molecule has 5 rings (SSSR count). The molecule has 0 saturated carbocycles. The second-order valence-corrected chi connectivity index (χ2v) is 10.6. The van der Waals surface area contributed by atoms with Gasteiger partial charge in [-0.05, 0) is 92.6 Å². The highest BCUT2D eigenvalue weighted by molar-refractivity contribution is 7.99. The summed E-state index contributed by atoms with van der Waals surface area (Å²) in [6.45, 7) is 4.01. The predicted molar refractivity (Wildman–Crippen MR) is 137 cm³/mol. The number of anilines is 1. The van der Waals surface area contributed by atoms with Gasteiger partial charge in [0.2, 0.25) is 5.91 Å². The van der Waals surface area contributed by atoms with Crippen LogP contribution in [0.4, 0.5) is 10.1 Å². The number of amides is 1. The fourth-order valence-corrected chi connectivity index (χ4v) is 6.57. The summed E-state index contributed by atoms with van der Waals surface area (Å²) in [4.78, 5) is 33.3. The van der Waals surface area contributed by atoms with Gasteiger partial charge in [0.25, 0.3) is 5.56 Å². The maximum Gasteiger partial charge on any atom is 0.267 e. The highest BCUT2D eigenvalue weighted by Gasteiger charge is 2.23. The van der Waals surface area contributed by atoms with Crippen LogP contribution in [0.25, 0.3) is 15.9 Å². The highest BCUT2D eigenvalue weighted by Crippen LogP contribution is 2.35. The first kappa shape index (κ1) is 22.8. The van der Waals surface area contributed by atoms with E-state index in [4.69, 9.17) is 4.98 Å². The molecule has 0 aliphatic heterocycles. The monoisotopic (exact) mass is 493 g/mol. The van der Waals surface area contributed by atoms with Gasteiger partial charge in [-0.1, -0.05) is 17.8 Å². The SMILES string of the molecule is Cc1cc(C)cc(-n2c(SCC(=O)Nc3ccc(F)cc3)nc3sc4c(c3c2=O)CCCC4)c1. The fraction of sp³-hybridized carbons (Fsp3) is 0.269. The Labute approximate surface area is 205 Å². The quantitative estimate of drug-likeness (QED) is 0.281. The first-order chi connectivity index (χ1) is 16.4. The summed E-state index contributed by atoms with van der Waals surface area (Å²) in [7, 11) is 0. The number of fused-ring (bicyclic) bond motifs is 3. The molecule has 1 aliphatic rings. The van der Waals surface area contributed by atoms with Crippen molar-refractivity contribution in [3.8, 4) is 5.69 Å². The van der Waals surface area contributed by atoms with Gasteiger partial charge in [-0.15, -0.1) is 11.3 Å². The minimum atomic E-state index is -0.360. The van der Waals surface area contributed by atoms with Gasteiger partial charge in [0.1, 0.15) is 10.6 Å². The van der Waals surface area contributed by atoms with Crippen LogP contribution in [0.2, 0.25) is 0 Å². The van der Waals surface area contributed by atoms with Gasteiger partial charge in [0.15, 0.2) is 5.16 Å². The summed E-state index contributed by atoms with van der Waals surface area (Å²) in [6.07, 6.45) is 4.12. The standard InChI is InChI=1S/C26H24FN3O2S2/c1-15-11-16(2)13-19(12-15)30-25(32)23-20-5-3-4-6-21(20)34-24(23)29-26(30)33-14-22(31)28-18-9-7-17(27)8-10-18/h7-13H,3-6,14H2,1-2H3,(H,28,31). The number of rotatable bonds is 5. The number of carbonyl (C=O) groups is 1. The Balaban J connectivity index is 1.54. The summed E-state index contributed by atoms with van der Waals surface area (Å²) in [6, 6.07) is 11.7. The summed E-state index contributed by atoms with van der Waals surface area (Å²) in [5, 5.41) is 3.99. The van der Waals surface area contributed by atoms with Crippen molar-refractivity contribution in [3.63, 3.8) is 0 Å². The van der Waals surface area contributed by atoms with Gasteiger partial charge < -0.3 is 5.32 Å². The smallest absolute Gasteiger partial charge is 0.267 e. The van der Waals surface area contributed by atoms with Gasteiger partial charge in [0, 0.05) is 10.6 Å². The van der Waals surface area contributed by atoms with E-state index in [1.807, 2.05) is 26.0 Å². The van der Waals surface area contributed by atoms with E-state index >= 15 is 0 Å². The Hall–Kier alpha value is -2.97. The number of thioether (sulfide) groups is 1. The molecule has 2 heterocycles. The number of aryl methyl sites for hydroxylation is 4. The first-order valence-corrected chi connectivity index (χ1v) is 13.0. The predicted octanol–water partition coefficient (Wildman–Crippen LogP) is 5.81. The Morgan fingerprint density at radius 2 is 1.82 bits per heavy atom. The zero-order valence-electron chi connectivity index (χ0n) is 19.0. The Morgan fingerprint density at radius 1 is 1.12 bits per heavy atom. The minimum absolute atomic E-state index is 0.0733. The second-order valence-electron chi connectivity index (χ2n) is 8.62. The number of thiophene rings is 1. The molecule has 0 unspecified atom stereocenters. The van der Waals surface area contributed by atoms with Gasteiger partial charge in [-0.25, -0.2) is 9.37 Å². The highest BCUT2D eigenvalue weighted by atomic mass is 32.2. The molecule has 4 aromatic rings. The van der Waals surface area contributed by atoms with E-state index in [-0.39, 0.29) is 23.0 Å². The molecule has 0 radical (unpaired) electrons. The van der Waals surface area contributed by atoms with E-state index in [2.05, 4.69) is 11.4 Å². The molecule has 34 heavy (non-hydrogen) atoms. The normalized spacial score (nSPS) is 13.1. The van der Waals surface area contributed by atoms with E-state index in [0.717, 1.165) is 58.3 Å². The molecule has 1 amide bonds. The van der Waals surface area contributed by atoms with E-state index in [1.165, 1.54) is 40.9 Å². The van der Waals surface area contributed by atoms with Crippen LogP contribution in [-0.4, -0.2) is 21.2 Å². The Kier molecular flexibility index (Phi) is 6.27. The topological polar surface area (TPSA) is 64.0 Å². The van der Waals surface area contributed by atoms with Gasteiger partial charge >= 0.3 is 0 Å². The van der Waals surface area contributed by atoms with Crippen LogP contribution >= 0.6 is 23.1 Å². The van der Waals surface area contributed by atoms with Crippen molar-refractivity contribution in [2.75, 3.05) is 11.1 Å². The second kappa shape index (κ2) is 9.35. The average molecular weight is 494 g/mol. The van der Waals surface area contributed by atoms with Crippen molar-refractivity contribution in [1.82, 2.24) is 9.55 Å². The van der Waals surface area contributed by atoms with Gasteiger partial charge in [0.05, 0.1) is 16.8 Å². The Bertz CT molecular complexity index is 1440. The van der Waals surface area contributed by atoms with Gasteiger partial charge in [-0.3, -0.25) is 14.2 Å². The van der Waals surface area contributed by atoms with Gasteiger partial charge in [-0.2, -0.15) is 0 Å². The summed E-state index contributed by atoms with van der Waals surface area (Å²) < 4.78 is 14.8. The molecule has 5 nitrogen and oxygen atoms in total. The van der Waals surface area contributed by atoms with Crippen molar-refractivity contribution < 1.29 is 9.18 Å². The lowest BCUT2D eigenvalue weighted by atomic mass is 9.97. The number of nitrogens with one attached hydrogen (secondary N) is 1. The average Bonchev–Trinajstić information content (AvgIpc) is 3.17. The number of aromatic nitrogens is 2. The van der Waals surface area contributed by atoms with Crippen LogP contribution in [0.15, 0.2) is 52.4 Å². The van der Waals surface area contributed by atoms with Crippen LogP contribution < -0.4 is 10.9 Å². The van der Waals surface area contributed by atoms with Crippen molar-refractivity contribution in [3.05, 3.63) is 80.2 Å². The number of carbonyl (C=O) groups excluding carboxylic acids is 1. The molecule has 0 saturated heterocycles. The summed E-state index contributed by atoms with van der Waals surface area (Å²) in [5.41, 5.74) is 4.46. The lowest BCUT2D eigenvalue weighted by molar-refractivity contribution is -0.113. The van der Waals surface area contributed by atoms with Crippen LogP contribution in [0.5, 0.6) is 0 Å². The van der Waals surface area contributed by atoms with E-state index < -0.39 is 0 Å². The Morgan fingerprint density at radius 3 is 2.56 bits per heavy atom. The first-order valence-electron chi connectivity index (χ1n) is 11.2. The van der Waals surface area contributed by atoms with E-state index in [0.29, 0.717) is 10.8 Å². The molecule has 0 spiro atoms. The number of hydrogen-bond acceptors (Lipinski definition) is 5. The van der Waals surface area contributed by atoms with Crippen LogP contribution in [0.3, 0.4) is 0 Å². The fourth-order valence-electron chi connectivity index (χ4n) is 4.45. The molecule has 174 valence electrons. The molecule has 1 N–H and O–H groups in total. The third-order valence-electron chi connectivity index (χ3n) is 5.88. The number of halogens is 1. The summed E-state index contributed by atoms with van der Waals surface area (Å²) >= 11 is 2.83. The number of hydrogen-bond donors (Lipinski definition) is 1. The van der Waals surface area contributed by atoms with E-state index in [1.54, 1.807) is 15.9 Å². The number of nitrogens with zero attached hydrogens (tertiary/aromatic N) is 2. The molecular formula is C26H24FN3O2S2. The zero-order chi connectivity index (χ0) is 23.8. The largest absolute Gasteiger partial charge is 0.325 e. The molecule has 0 bridgehead atoms. The van der Waals surface area contributed by atoms with Crippen molar-refractivity contribution in [2.24, 2.45) is 0 Å². The maximum atomic E-state index is 13.9. The molecule has 8 heteroatoms. The van der Waals surface area contributed by atoms with Crippen molar-refractivity contribution in [2.45, 2.75) is 44.7 Å².